The smallest absolute Gasteiger partial charge is 0.140 e. The van der Waals surface area contributed by atoms with Crippen molar-refractivity contribution in [1.82, 2.24) is 0 Å². The molecule has 1 heterocycles. The topological polar surface area (TPSA) is 16.4 Å². The molecule has 2 heteroatoms. The first kappa shape index (κ1) is 30.3. The molecule has 12 rings (SSSR count). The average Bonchev–Trinajstić information content (AvgIpc) is 3.88. The fourth-order valence-corrected chi connectivity index (χ4v) is 9.79. The highest BCUT2D eigenvalue weighted by Gasteiger charge is 2.54. The third-order valence-corrected chi connectivity index (χ3v) is 12.1. The molecule has 0 fully saturated rings. The van der Waals surface area contributed by atoms with Crippen molar-refractivity contribution in [3.63, 3.8) is 0 Å². The van der Waals surface area contributed by atoms with E-state index >= 15 is 0 Å². The SMILES string of the molecule is c1ccc2c(c1)-c1ccc(-c3ccc(N(c4cccc5ccccc45)c4cccc5ccccc45)cc3)cc1C21c2ccccc2-c2oc3ccccc3c21. The first-order valence-electron chi connectivity index (χ1n) is 19.0. The van der Waals surface area contributed by atoms with Crippen LogP contribution in [0.15, 0.2) is 205 Å². The van der Waals surface area contributed by atoms with Crippen molar-refractivity contribution >= 4 is 49.6 Å². The Morgan fingerprint density at radius 1 is 0.382 bits per heavy atom. The zero-order chi connectivity index (χ0) is 36.1. The molecule has 256 valence electrons. The van der Waals surface area contributed by atoms with Crippen LogP contribution in [0.4, 0.5) is 17.1 Å². The third-order valence-electron chi connectivity index (χ3n) is 12.1. The second kappa shape index (κ2) is 11.4. The first-order valence-corrected chi connectivity index (χ1v) is 19.0. The number of para-hydroxylation sites is 1. The fourth-order valence-electron chi connectivity index (χ4n) is 9.79. The quantitative estimate of drug-likeness (QED) is 0.182. The molecule has 2 nitrogen and oxygen atoms in total. The summed E-state index contributed by atoms with van der Waals surface area (Å²) < 4.78 is 6.73. The van der Waals surface area contributed by atoms with Crippen molar-refractivity contribution in [2.24, 2.45) is 0 Å². The van der Waals surface area contributed by atoms with Crippen molar-refractivity contribution < 1.29 is 4.42 Å². The van der Waals surface area contributed by atoms with Gasteiger partial charge in [-0.15, -0.1) is 0 Å². The Labute approximate surface area is 319 Å². The molecule has 0 radical (unpaired) electrons. The van der Waals surface area contributed by atoms with Crippen LogP contribution in [-0.2, 0) is 5.41 Å². The molecular formula is C53H33NO. The van der Waals surface area contributed by atoms with Crippen molar-refractivity contribution in [1.29, 1.82) is 0 Å². The predicted octanol–water partition coefficient (Wildman–Crippen LogP) is 14.2. The molecule has 9 aromatic carbocycles. The number of nitrogens with zero attached hydrogens (tertiary/aromatic N) is 1. The molecule has 0 saturated heterocycles. The third kappa shape index (κ3) is 4.14. The number of anilines is 3. The van der Waals surface area contributed by atoms with E-state index in [2.05, 4.69) is 205 Å². The van der Waals surface area contributed by atoms with Gasteiger partial charge in [-0.2, -0.15) is 0 Å². The van der Waals surface area contributed by atoms with E-state index in [9.17, 15) is 0 Å². The zero-order valence-electron chi connectivity index (χ0n) is 29.9. The lowest BCUT2D eigenvalue weighted by Crippen LogP contribution is -2.25. The summed E-state index contributed by atoms with van der Waals surface area (Å²) >= 11 is 0. The molecule has 0 N–H and O–H groups in total. The maximum Gasteiger partial charge on any atom is 0.140 e. The molecule has 0 amide bonds. The summed E-state index contributed by atoms with van der Waals surface area (Å²) in [5.74, 6) is 0.983. The zero-order valence-corrected chi connectivity index (χ0v) is 29.9. The van der Waals surface area contributed by atoms with Gasteiger partial charge in [-0.3, -0.25) is 0 Å². The van der Waals surface area contributed by atoms with Crippen LogP contribution in [-0.4, -0.2) is 0 Å². The summed E-state index contributed by atoms with van der Waals surface area (Å²) in [5, 5.41) is 6.05. The van der Waals surface area contributed by atoms with E-state index in [4.69, 9.17) is 4.42 Å². The minimum absolute atomic E-state index is 0.486. The Morgan fingerprint density at radius 3 is 1.62 bits per heavy atom. The number of furan rings is 1. The lowest BCUT2D eigenvalue weighted by atomic mass is 9.70. The lowest BCUT2D eigenvalue weighted by molar-refractivity contribution is 0.628. The average molecular weight is 700 g/mol. The number of rotatable bonds is 4. The van der Waals surface area contributed by atoms with Gasteiger partial charge in [-0.05, 0) is 86.1 Å². The minimum Gasteiger partial charge on any atom is -0.456 e. The Balaban J connectivity index is 1.05. The fraction of sp³-hybridized carbons (Fsp3) is 0.0189. The van der Waals surface area contributed by atoms with E-state index in [1.807, 2.05) is 0 Å². The van der Waals surface area contributed by atoms with Gasteiger partial charge in [0.2, 0.25) is 0 Å². The van der Waals surface area contributed by atoms with Crippen molar-refractivity contribution in [3.05, 3.63) is 222 Å². The van der Waals surface area contributed by atoms with Crippen molar-refractivity contribution in [3.8, 4) is 33.6 Å². The van der Waals surface area contributed by atoms with Crippen LogP contribution in [0.1, 0.15) is 22.3 Å². The summed E-state index contributed by atoms with van der Waals surface area (Å²) in [4.78, 5) is 2.42. The standard InChI is InChI=1S/C53H33NO/c1-3-17-39-35(13-1)15-11-24-48(39)54(49-25-12-16-36-14-2-4-18-40(36)49)38-30-27-34(28-31-38)37-29-32-42-41-19-5-8-22-45(41)53(47(42)33-37)46-23-9-6-20-43(46)52-51(53)44-21-7-10-26-50(44)55-52/h1-33H. The van der Waals surface area contributed by atoms with Gasteiger partial charge < -0.3 is 9.32 Å². The highest BCUT2D eigenvalue weighted by molar-refractivity contribution is 6.05. The van der Waals surface area contributed by atoms with Crippen molar-refractivity contribution in [2.45, 2.75) is 5.41 Å². The molecule has 1 unspecified atom stereocenters. The minimum atomic E-state index is -0.486. The highest BCUT2D eigenvalue weighted by Crippen LogP contribution is 2.65. The maximum absolute atomic E-state index is 6.73. The van der Waals surface area contributed by atoms with Gasteiger partial charge in [0.15, 0.2) is 0 Å². The van der Waals surface area contributed by atoms with Crippen LogP contribution in [0, 0.1) is 0 Å². The summed E-state index contributed by atoms with van der Waals surface area (Å²) in [7, 11) is 0. The van der Waals surface area contributed by atoms with E-state index < -0.39 is 5.41 Å². The second-order valence-electron chi connectivity index (χ2n) is 14.8. The van der Waals surface area contributed by atoms with Crippen LogP contribution < -0.4 is 4.90 Å². The molecule has 0 saturated carbocycles. The van der Waals surface area contributed by atoms with Crippen LogP contribution in [0.25, 0.3) is 66.1 Å². The van der Waals surface area contributed by atoms with E-state index in [-0.39, 0.29) is 0 Å². The molecule has 2 aliphatic rings. The van der Waals surface area contributed by atoms with Crippen LogP contribution in [0.2, 0.25) is 0 Å². The monoisotopic (exact) mass is 699 g/mol. The van der Waals surface area contributed by atoms with Gasteiger partial charge in [0, 0.05) is 33.0 Å². The Morgan fingerprint density at radius 2 is 0.909 bits per heavy atom. The van der Waals surface area contributed by atoms with Crippen LogP contribution in [0.3, 0.4) is 0 Å². The van der Waals surface area contributed by atoms with E-state index in [1.165, 1.54) is 77.0 Å². The highest BCUT2D eigenvalue weighted by atomic mass is 16.3. The summed E-state index contributed by atoms with van der Waals surface area (Å²) in [6, 6.07) is 73.1. The second-order valence-corrected chi connectivity index (χ2v) is 14.8. The van der Waals surface area contributed by atoms with Crippen molar-refractivity contribution in [2.75, 3.05) is 4.90 Å². The van der Waals surface area contributed by atoms with Crippen LogP contribution in [0.5, 0.6) is 0 Å². The Hall–Kier alpha value is -7.16. The van der Waals surface area contributed by atoms with E-state index in [0.29, 0.717) is 0 Å². The van der Waals surface area contributed by atoms with Gasteiger partial charge in [0.05, 0.1) is 16.8 Å². The molecular weight excluding hydrogens is 667 g/mol. The number of hydrogen-bond donors (Lipinski definition) is 0. The normalized spacial score (nSPS) is 15.0. The maximum atomic E-state index is 6.73. The Bertz CT molecular complexity index is 3080. The molecule has 1 aromatic heterocycles. The molecule has 0 aliphatic heterocycles. The van der Waals surface area contributed by atoms with Gasteiger partial charge >= 0.3 is 0 Å². The number of fused-ring (bicyclic) bond motifs is 14. The molecule has 0 bridgehead atoms. The van der Waals surface area contributed by atoms with Gasteiger partial charge in [-0.1, -0.05) is 164 Å². The largest absolute Gasteiger partial charge is 0.456 e. The molecule has 10 aromatic rings. The first-order chi connectivity index (χ1) is 27.3. The van der Waals surface area contributed by atoms with Gasteiger partial charge in [0.25, 0.3) is 0 Å². The van der Waals surface area contributed by atoms with E-state index in [0.717, 1.165) is 28.4 Å². The summed E-state index contributed by atoms with van der Waals surface area (Å²) in [5.41, 5.74) is 15.1. The molecule has 2 aliphatic carbocycles. The molecule has 1 spiro atoms. The number of hydrogen-bond acceptors (Lipinski definition) is 2. The summed E-state index contributed by atoms with van der Waals surface area (Å²) in [6.45, 7) is 0. The number of benzene rings is 9. The predicted molar refractivity (Wildman–Crippen MR) is 228 cm³/mol. The Kier molecular flexibility index (Phi) is 6.29. The van der Waals surface area contributed by atoms with Gasteiger partial charge in [0.1, 0.15) is 11.3 Å². The van der Waals surface area contributed by atoms with E-state index in [1.54, 1.807) is 0 Å². The summed E-state index contributed by atoms with van der Waals surface area (Å²) in [6.07, 6.45) is 0. The molecule has 1 atom stereocenters. The lowest BCUT2D eigenvalue weighted by Gasteiger charge is -2.30. The van der Waals surface area contributed by atoms with Gasteiger partial charge in [-0.25, -0.2) is 0 Å². The molecule has 55 heavy (non-hydrogen) atoms. The van der Waals surface area contributed by atoms with Crippen LogP contribution >= 0.6 is 0 Å².